The number of thioether (sulfide) groups is 1. The largest absolute Gasteiger partial charge is 0.366 e. The lowest BCUT2D eigenvalue weighted by Gasteiger charge is -2.12. The Morgan fingerprint density at radius 1 is 1.09 bits per heavy atom. The zero-order valence-electron chi connectivity index (χ0n) is 11.9. The van der Waals surface area contributed by atoms with Crippen LogP contribution in [0, 0.1) is 5.82 Å². The Labute approximate surface area is 131 Å². The highest BCUT2D eigenvalue weighted by Crippen LogP contribution is 2.24. The van der Waals surface area contributed by atoms with E-state index in [2.05, 4.69) is 5.32 Å². The minimum absolute atomic E-state index is 0.179. The lowest BCUT2D eigenvalue weighted by molar-refractivity contribution is -0.115. The molecule has 0 aliphatic heterocycles. The van der Waals surface area contributed by atoms with Crippen molar-refractivity contribution in [1.82, 2.24) is 0 Å². The molecule has 114 valence electrons. The highest BCUT2D eigenvalue weighted by atomic mass is 32.2. The maximum Gasteiger partial charge on any atom is 0.248 e. The molecule has 3 N–H and O–H groups in total. The van der Waals surface area contributed by atoms with E-state index in [9.17, 15) is 14.0 Å². The first-order valence-corrected chi connectivity index (χ1v) is 7.46. The summed E-state index contributed by atoms with van der Waals surface area (Å²) in [5.41, 5.74) is 6.12. The summed E-state index contributed by atoms with van der Waals surface area (Å²) in [6.45, 7) is 1.77. The SMILES string of the molecule is C[C@@H](Sc1ccc(F)cc1)C(=O)Nc1ccc(C(N)=O)cc1. The molecule has 4 nitrogen and oxygen atoms in total. The molecule has 0 unspecified atom stereocenters. The van der Waals surface area contributed by atoms with Gasteiger partial charge in [-0.2, -0.15) is 0 Å². The van der Waals surface area contributed by atoms with E-state index >= 15 is 0 Å². The summed E-state index contributed by atoms with van der Waals surface area (Å²) >= 11 is 1.33. The van der Waals surface area contributed by atoms with Crippen LogP contribution in [-0.4, -0.2) is 17.1 Å². The van der Waals surface area contributed by atoms with E-state index in [1.807, 2.05) is 0 Å². The number of nitrogens with two attached hydrogens (primary N) is 1. The molecule has 6 heteroatoms. The Morgan fingerprint density at radius 3 is 2.23 bits per heavy atom. The standard InChI is InChI=1S/C16H15FN2O2S/c1-10(22-14-8-4-12(17)5-9-14)16(21)19-13-6-2-11(3-7-13)15(18)20/h2-10H,1H3,(H2,18,20)(H,19,21)/t10-/m1/s1. The number of carbonyl (C=O) groups is 2. The van der Waals surface area contributed by atoms with Gasteiger partial charge in [0.15, 0.2) is 0 Å². The second kappa shape index (κ2) is 7.09. The average molecular weight is 318 g/mol. The van der Waals surface area contributed by atoms with Gasteiger partial charge in [-0.3, -0.25) is 9.59 Å². The molecule has 0 aliphatic rings. The van der Waals surface area contributed by atoms with Crippen molar-refractivity contribution in [3.63, 3.8) is 0 Å². The van der Waals surface area contributed by atoms with Gasteiger partial charge in [0.25, 0.3) is 0 Å². The van der Waals surface area contributed by atoms with Crippen LogP contribution < -0.4 is 11.1 Å². The molecule has 0 radical (unpaired) electrons. The summed E-state index contributed by atoms with van der Waals surface area (Å²) in [5.74, 6) is -1.00. The fourth-order valence-electron chi connectivity index (χ4n) is 1.73. The minimum atomic E-state index is -0.516. The van der Waals surface area contributed by atoms with Gasteiger partial charge in [0.1, 0.15) is 5.82 Å². The number of anilines is 1. The number of hydrogen-bond acceptors (Lipinski definition) is 3. The summed E-state index contributed by atoms with van der Waals surface area (Å²) in [7, 11) is 0. The van der Waals surface area contributed by atoms with Gasteiger partial charge in [0.2, 0.25) is 11.8 Å². The van der Waals surface area contributed by atoms with Crippen molar-refractivity contribution in [3.8, 4) is 0 Å². The van der Waals surface area contributed by atoms with E-state index in [1.54, 1.807) is 43.3 Å². The van der Waals surface area contributed by atoms with Crippen molar-refractivity contribution in [2.24, 2.45) is 5.73 Å². The van der Waals surface area contributed by atoms with Gasteiger partial charge in [-0.1, -0.05) is 0 Å². The Balaban J connectivity index is 1.95. The monoisotopic (exact) mass is 318 g/mol. The van der Waals surface area contributed by atoms with Crippen molar-refractivity contribution >= 4 is 29.3 Å². The summed E-state index contributed by atoms with van der Waals surface area (Å²) in [6.07, 6.45) is 0. The molecule has 0 saturated heterocycles. The topological polar surface area (TPSA) is 72.2 Å². The third kappa shape index (κ3) is 4.33. The molecule has 0 spiro atoms. The predicted octanol–water partition coefficient (Wildman–Crippen LogP) is 3.04. The van der Waals surface area contributed by atoms with Crippen LogP contribution in [0.1, 0.15) is 17.3 Å². The van der Waals surface area contributed by atoms with E-state index < -0.39 is 5.91 Å². The van der Waals surface area contributed by atoms with Crippen molar-refractivity contribution in [2.45, 2.75) is 17.1 Å². The zero-order valence-corrected chi connectivity index (χ0v) is 12.7. The molecule has 2 aromatic rings. The van der Waals surface area contributed by atoms with Gasteiger partial charge in [0.05, 0.1) is 5.25 Å². The van der Waals surface area contributed by atoms with Crippen LogP contribution in [0.25, 0.3) is 0 Å². The van der Waals surface area contributed by atoms with Gasteiger partial charge in [0, 0.05) is 16.1 Å². The third-order valence-electron chi connectivity index (χ3n) is 2.93. The fourth-order valence-corrected chi connectivity index (χ4v) is 2.60. The lowest BCUT2D eigenvalue weighted by Crippen LogP contribution is -2.22. The Morgan fingerprint density at radius 2 is 1.68 bits per heavy atom. The Bertz CT molecular complexity index is 672. The Kier molecular flexibility index (Phi) is 5.16. The van der Waals surface area contributed by atoms with E-state index in [0.717, 1.165) is 4.90 Å². The van der Waals surface area contributed by atoms with Gasteiger partial charge in [-0.15, -0.1) is 11.8 Å². The second-order valence-corrected chi connectivity index (χ2v) is 6.06. The number of rotatable bonds is 5. The summed E-state index contributed by atoms with van der Waals surface area (Å²) in [6, 6.07) is 12.3. The van der Waals surface area contributed by atoms with E-state index in [1.165, 1.54) is 23.9 Å². The first-order valence-electron chi connectivity index (χ1n) is 6.58. The van der Waals surface area contributed by atoms with E-state index in [4.69, 9.17) is 5.73 Å². The molecular weight excluding hydrogens is 303 g/mol. The van der Waals surface area contributed by atoms with Gasteiger partial charge in [-0.25, -0.2) is 4.39 Å². The summed E-state index contributed by atoms with van der Waals surface area (Å²) < 4.78 is 12.8. The molecule has 22 heavy (non-hydrogen) atoms. The normalized spacial score (nSPS) is 11.7. The van der Waals surface area contributed by atoms with Gasteiger partial charge in [-0.05, 0) is 55.5 Å². The number of hydrogen-bond donors (Lipinski definition) is 2. The van der Waals surface area contributed by atoms with Crippen LogP contribution in [0.4, 0.5) is 10.1 Å². The van der Waals surface area contributed by atoms with Crippen molar-refractivity contribution in [2.75, 3.05) is 5.32 Å². The number of nitrogens with one attached hydrogen (secondary N) is 1. The number of benzene rings is 2. The van der Waals surface area contributed by atoms with E-state index in [-0.39, 0.29) is 17.0 Å². The molecule has 0 fully saturated rings. The van der Waals surface area contributed by atoms with Crippen LogP contribution in [0.2, 0.25) is 0 Å². The summed E-state index contributed by atoms with van der Waals surface area (Å²) in [4.78, 5) is 23.9. The number of carbonyl (C=O) groups excluding carboxylic acids is 2. The van der Waals surface area contributed by atoms with Crippen molar-refractivity contribution < 1.29 is 14.0 Å². The number of primary amides is 1. The van der Waals surface area contributed by atoms with Gasteiger partial charge < -0.3 is 11.1 Å². The van der Waals surface area contributed by atoms with E-state index in [0.29, 0.717) is 11.3 Å². The molecule has 2 amide bonds. The summed E-state index contributed by atoms with van der Waals surface area (Å²) in [5, 5.41) is 2.41. The molecule has 1 atom stereocenters. The zero-order chi connectivity index (χ0) is 16.1. The van der Waals surface area contributed by atoms with Crippen LogP contribution in [0.15, 0.2) is 53.4 Å². The molecule has 0 saturated carbocycles. The highest BCUT2D eigenvalue weighted by Gasteiger charge is 2.14. The van der Waals surface area contributed by atoms with Crippen LogP contribution >= 0.6 is 11.8 Å². The predicted molar refractivity (Wildman–Crippen MR) is 85.3 cm³/mol. The smallest absolute Gasteiger partial charge is 0.248 e. The maximum atomic E-state index is 12.8. The molecule has 0 aromatic heterocycles. The molecule has 2 aromatic carbocycles. The first-order chi connectivity index (χ1) is 10.5. The molecule has 2 rings (SSSR count). The Hall–Kier alpha value is -2.34. The van der Waals surface area contributed by atoms with Crippen LogP contribution in [0.5, 0.6) is 0 Å². The number of amides is 2. The van der Waals surface area contributed by atoms with Crippen molar-refractivity contribution in [1.29, 1.82) is 0 Å². The quantitative estimate of drug-likeness (QED) is 0.832. The van der Waals surface area contributed by atoms with Crippen LogP contribution in [-0.2, 0) is 4.79 Å². The molecule has 0 bridgehead atoms. The fraction of sp³-hybridized carbons (Fsp3) is 0.125. The second-order valence-electron chi connectivity index (χ2n) is 4.64. The molecular formula is C16H15FN2O2S. The van der Waals surface area contributed by atoms with Crippen molar-refractivity contribution in [3.05, 3.63) is 59.9 Å². The third-order valence-corrected chi connectivity index (χ3v) is 4.04. The highest BCUT2D eigenvalue weighted by molar-refractivity contribution is 8.00. The minimum Gasteiger partial charge on any atom is -0.366 e. The van der Waals surface area contributed by atoms with Crippen LogP contribution in [0.3, 0.4) is 0 Å². The van der Waals surface area contributed by atoms with Gasteiger partial charge >= 0.3 is 0 Å². The molecule has 0 aliphatic carbocycles. The molecule has 0 heterocycles. The first kappa shape index (κ1) is 16.0. The average Bonchev–Trinajstić information content (AvgIpc) is 2.50. The number of halogens is 1. The maximum absolute atomic E-state index is 12.8. The lowest BCUT2D eigenvalue weighted by atomic mass is 10.2.